The average molecular weight is 260 g/mol. The molecule has 3 nitrogen and oxygen atoms in total. The summed E-state index contributed by atoms with van der Waals surface area (Å²) in [6.07, 6.45) is 6.66. The number of hydrogen-bond acceptors (Lipinski definition) is 3. The number of nitrogens with one attached hydrogen (secondary N) is 1. The highest BCUT2D eigenvalue weighted by Gasteiger charge is 2.37. The summed E-state index contributed by atoms with van der Waals surface area (Å²) in [5.41, 5.74) is 0. The molecule has 90 valence electrons. The van der Waals surface area contributed by atoms with Crippen molar-refractivity contribution < 1.29 is 0 Å². The molecule has 5 heteroatoms. The van der Waals surface area contributed by atoms with E-state index in [-0.39, 0.29) is 12.4 Å². The van der Waals surface area contributed by atoms with Gasteiger partial charge in [0.1, 0.15) is 0 Å². The third-order valence-electron chi connectivity index (χ3n) is 3.66. The van der Waals surface area contributed by atoms with E-state index >= 15 is 0 Å². The van der Waals surface area contributed by atoms with Crippen molar-refractivity contribution in [1.29, 1.82) is 0 Å². The van der Waals surface area contributed by atoms with Crippen LogP contribution in [0.3, 0.4) is 0 Å². The van der Waals surface area contributed by atoms with Gasteiger partial charge in [-0.05, 0) is 37.8 Å². The fraction of sp³-hybridized carbons (Fsp3) is 0.727. The number of thioether (sulfide) groups is 1. The highest BCUT2D eigenvalue weighted by molar-refractivity contribution is 7.99. The van der Waals surface area contributed by atoms with Gasteiger partial charge < -0.3 is 9.88 Å². The van der Waals surface area contributed by atoms with E-state index in [2.05, 4.69) is 21.9 Å². The maximum Gasteiger partial charge on any atom is 0.167 e. The van der Waals surface area contributed by atoms with Gasteiger partial charge in [0.2, 0.25) is 0 Å². The summed E-state index contributed by atoms with van der Waals surface area (Å²) in [6, 6.07) is 0. The third-order valence-corrected chi connectivity index (χ3v) is 4.98. The van der Waals surface area contributed by atoms with Crippen molar-refractivity contribution in [1.82, 2.24) is 14.9 Å². The smallest absolute Gasteiger partial charge is 0.167 e. The maximum absolute atomic E-state index is 4.38. The van der Waals surface area contributed by atoms with E-state index in [9.17, 15) is 0 Å². The second kappa shape index (κ2) is 4.98. The van der Waals surface area contributed by atoms with Gasteiger partial charge in [-0.2, -0.15) is 0 Å². The summed E-state index contributed by atoms with van der Waals surface area (Å²) >= 11 is 1.97. The molecule has 1 aliphatic carbocycles. The van der Waals surface area contributed by atoms with Crippen LogP contribution in [0.1, 0.15) is 12.8 Å². The van der Waals surface area contributed by atoms with E-state index in [4.69, 9.17) is 0 Å². The van der Waals surface area contributed by atoms with Crippen molar-refractivity contribution in [2.45, 2.75) is 23.2 Å². The Balaban J connectivity index is 0.000000963. The Kier molecular flexibility index (Phi) is 3.82. The first-order valence-corrected chi connectivity index (χ1v) is 6.55. The van der Waals surface area contributed by atoms with E-state index in [1.807, 2.05) is 24.2 Å². The summed E-state index contributed by atoms with van der Waals surface area (Å²) in [6.45, 7) is 2.48. The highest BCUT2D eigenvalue weighted by Crippen LogP contribution is 2.42. The number of fused-ring (bicyclic) bond motifs is 1. The summed E-state index contributed by atoms with van der Waals surface area (Å²) in [5, 5.41) is 5.45. The molecule has 0 spiro atoms. The van der Waals surface area contributed by atoms with E-state index in [1.165, 1.54) is 31.1 Å². The molecule has 3 atom stereocenters. The van der Waals surface area contributed by atoms with Crippen LogP contribution in [-0.2, 0) is 7.05 Å². The zero-order chi connectivity index (χ0) is 10.3. The van der Waals surface area contributed by atoms with Crippen molar-refractivity contribution >= 4 is 24.2 Å². The van der Waals surface area contributed by atoms with Gasteiger partial charge in [0.25, 0.3) is 0 Å². The number of aromatic nitrogens is 2. The van der Waals surface area contributed by atoms with Gasteiger partial charge in [-0.25, -0.2) is 4.98 Å². The minimum Gasteiger partial charge on any atom is -0.329 e. The molecule has 16 heavy (non-hydrogen) atoms. The lowest BCUT2D eigenvalue weighted by Gasteiger charge is -2.10. The molecule has 0 aromatic carbocycles. The van der Waals surface area contributed by atoms with E-state index in [0.29, 0.717) is 0 Å². The van der Waals surface area contributed by atoms with Crippen molar-refractivity contribution in [3.8, 4) is 0 Å². The van der Waals surface area contributed by atoms with Gasteiger partial charge in [-0.3, -0.25) is 0 Å². The second-order valence-electron chi connectivity index (χ2n) is 4.71. The fourth-order valence-electron chi connectivity index (χ4n) is 2.82. The second-order valence-corrected chi connectivity index (χ2v) is 5.98. The van der Waals surface area contributed by atoms with E-state index < -0.39 is 0 Å². The molecule has 2 aliphatic rings. The summed E-state index contributed by atoms with van der Waals surface area (Å²) in [5.74, 6) is 1.87. The zero-order valence-electron chi connectivity index (χ0n) is 9.43. The molecule has 0 unspecified atom stereocenters. The third kappa shape index (κ3) is 2.24. The molecule has 0 radical (unpaired) electrons. The minimum atomic E-state index is 0. The number of rotatable bonds is 2. The number of aryl methyl sites for hydroxylation is 1. The van der Waals surface area contributed by atoms with Crippen LogP contribution in [0.4, 0.5) is 0 Å². The van der Waals surface area contributed by atoms with Crippen LogP contribution >= 0.6 is 24.2 Å². The van der Waals surface area contributed by atoms with Gasteiger partial charge in [-0.15, -0.1) is 12.4 Å². The molecule has 3 rings (SSSR count). The van der Waals surface area contributed by atoms with Gasteiger partial charge in [0.15, 0.2) is 5.16 Å². The Morgan fingerprint density at radius 3 is 2.62 bits per heavy atom. The van der Waals surface area contributed by atoms with E-state index in [1.54, 1.807) is 0 Å². The van der Waals surface area contributed by atoms with Gasteiger partial charge in [0.05, 0.1) is 0 Å². The molecule has 1 saturated carbocycles. The Morgan fingerprint density at radius 2 is 2.06 bits per heavy atom. The molecule has 1 N–H and O–H groups in total. The number of halogens is 1. The van der Waals surface area contributed by atoms with Crippen LogP contribution in [-0.4, -0.2) is 27.9 Å². The lowest BCUT2D eigenvalue weighted by molar-refractivity contribution is 0.494. The van der Waals surface area contributed by atoms with Crippen molar-refractivity contribution in [2.24, 2.45) is 18.9 Å². The molecule has 1 aromatic rings. The predicted molar refractivity (Wildman–Crippen MR) is 69.2 cm³/mol. The maximum atomic E-state index is 4.38. The lowest BCUT2D eigenvalue weighted by atomic mass is 10.0. The molecule has 1 aromatic heterocycles. The van der Waals surface area contributed by atoms with Crippen LogP contribution < -0.4 is 5.32 Å². The first-order valence-electron chi connectivity index (χ1n) is 5.67. The Bertz CT molecular complexity index is 343. The molecular weight excluding hydrogens is 242 g/mol. The summed E-state index contributed by atoms with van der Waals surface area (Å²) in [7, 11) is 2.08. The number of imidazole rings is 1. The SMILES string of the molecule is Cl.Cn1ccnc1S[C@@H]1C[C@H]2CNC[C@H]2C1. The number of nitrogens with zero attached hydrogens (tertiary/aromatic N) is 2. The normalized spacial score (nSPS) is 32.4. The average Bonchev–Trinajstić information content (AvgIpc) is 2.83. The van der Waals surface area contributed by atoms with Crippen molar-refractivity contribution in [3.63, 3.8) is 0 Å². The molecule has 1 saturated heterocycles. The first kappa shape index (κ1) is 12.3. The van der Waals surface area contributed by atoms with Crippen LogP contribution in [0.2, 0.25) is 0 Å². The minimum absolute atomic E-state index is 0. The summed E-state index contributed by atoms with van der Waals surface area (Å²) in [4.78, 5) is 4.38. The molecule has 1 aliphatic heterocycles. The Hall–Kier alpha value is -0.190. The van der Waals surface area contributed by atoms with Crippen LogP contribution in [0, 0.1) is 11.8 Å². The Labute approximate surface area is 107 Å². The van der Waals surface area contributed by atoms with Gasteiger partial charge in [0, 0.05) is 24.7 Å². The quantitative estimate of drug-likeness (QED) is 0.880. The van der Waals surface area contributed by atoms with Crippen molar-refractivity contribution in [3.05, 3.63) is 12.4 Å². The summed E-state index contributed by atoms with van der Waals surface area (Å²) < 4.78 is 2.12. The topological polar surface area (TPSA) is 29.9 Å². The highest BCUT2D eigenvalue weighted by atomic mass is 35.5. The van der Waals surface area contributed by atoms with Crippen molar-refractivity contribution in [2.75, 3.05) is 13.1 Å². The zero-order valence-corrected chi connectivity index (χ0v) is 11.1. The number of hydrogen-bond donors (Lipinski definition) is 1. The predicted octanol–water partition coefficient (Wildman–Crippen LogP) is 1.93. The van der Waals surface area contributed by atoms with Crippen LogP contribution in [0.25, 0.3) is 0 Å². The van der Waals surface area contributed by atoms with Gasteiger partial charge in [-0.1, -0.05) is 11.8 Å². The molecule has 2 heterocycles. The molecule has 0 amide bonds. The lowest BCUT2D eigenvalue weighted by Crippen LogP contribution is -2.12. The fourth-order valence-corrected chi connectivity index (χ4v) is 4.16. The standard InChI is InChI=1S/C11H17N3S.ClH/c1-14-3-2-13-11(14)15-10-4-8-6-12-7-9(8)5-10;/h2-3,8-10,12H,4-7H2,1H3;1H/t8-,9+,10+;. The van der Waals surface area contributed by atoms with Crippen LogP contribution in [0.15, 0.2) is 17.6 Å². The van der Waals surface area contributed by atoms with Crippen LogP contribution in [0.5, 0.6) is 0 Å². The van der Waals surface area contributed by atoms with E-state index in [0.717, 1.165) is 17.1 Å². The Morgan fingerprint density at radius 1 is 1.38 bits per heavy atom. The first-order chi connectivity index (χ1) is 7.33. The largest absolute Gasteiger partial charge is 0.329 e. The van der Waals surface area contributed by atoms with Gasteiger partial charge >= 0.3 is 0 Å². The monoisotopic (exact) mass is 259 g/mol. The molecule has 2 fully saturated rings. The molecule has 0 bridgehead atoms. The molecular formula is C11H18ClN3S.